The highest BCUT2D eigenvalue weighted by atomic mass is 19.1. The summed E-state index contributed by atoms with van der Waals surface area (Å²) in [7, 11) is 0. The van der Waals surface area contributed by atoms with Crippen molar-refractivity contribution in [3.05, 3.63) is 93.3 Å². The molecule has 1 saturated heterocycles. The van der Waals surface area contributed by atoms with Crippen molar-refractivity contribution in [2.75, 3.05) is 31.1 Å². The second kappa shape index (κ2) is 9.35. The van der Waals surface area contributed by atoms with E-state index in [2.05, 4.69) is 17.0 Å². The molecule has 3 aromatic rings. The van der Waals surface area contributed by atoms with Gasteiger partial charge in [-0.05, 0) is 37.1 Å². The van der Waals surface area contributed by atoms with Crippen molar-refractivity contribution in [3.63, 3.8) is 0 Å². The van der Waals surface area contributed by atoms with Gasteiger partial charge in [0.1, 0.15) is 25.2 Å². The summed E-state index contributed by atoms with van der Waals surface area (Å²) >= 11 is 0. The van der Waals surface area contributed by atoms with Crippen LogP contribution in [0.15, 0.2) is 64.0 Å². The molecule has 1 N–H and O–H groups in total. The first-order chi connectivity index (χ1) is 15.0. The Hall–Kier alpha value is -3.12. The van der Waals surface area contributed by atoms with Crippen LogP contribution >= 0.6 is 0 Å². The third kappa shape index (κ3) is 5.14. The number of piperazine rings is 1. The molecule has 2 aromatic carbocycles. The van der Waals surface area contributed by atoms with Crippen molar-refractivity contribution in [2.24, 2.45) is 0 Å². The van der Waals surface area contributed by atoms with Gasteiger partial charge in [0.15, 0.2) is 5.76 Å². The van der Waals surface area contributed by atoms with Crippen LogP contribution in [0.1, 0.15) is 22.5 Å². The fourth-order valence-electron chi connectivity index (χ4n) is 3.94. The summed E-state index contributed by atoms with van der Waals surface area (Å²) in [6.07, 6.45) is 1.41. The van der Waals surface area contributed by atoms with Crippen LogP contribution in [-0.4, -0.2) is 26.2 Å². The molecule has 6 heteroatoms. The van der Waals surface area contributed by atoms with Gasteiger partial charge in [-0.25, -0.2) is 4.39 Å². The van der Waals surface area contributed by atoms with Gasteiger partial charge >= 0.3 is 0 Å². The maximum Gasteiger partial charge on any atom is 0.227 e. The first-order valence-electron chi connectivity index (χ1n) is 10.6. The van der Waals surface area contributed by atoms with Crippen molar-refractivity contribution in [3.8, 4) is 5.75 Å². The molecule has 1 aliphatic heterocycles. The number of hydrogen-bond donors (Lipinski definition) is 1. The highest BCUT2D eigenvalue weighted by Crippen LogP contribution is 2.18. The third-order valence-corrected chi connectivity index (χ3v) is 5.83. The Kier molecular flexibility index (Phi) is 6.37. The standard InChI is InChI=1S/C25H27FN2O3/c1-18-7-8-19(2)20(13-18)16-31-25-17-30-21(14-24(25)29)15-27-9-11-28(12-10-27)23-6-4-3-5-22(23)26/h3-8,13-14,17H,9-12,15-16H2,1-2H3/p+1. The van der Waals surface area contributed by atoms with Crippen LogP contribution in [0, 0.1) is 19.7 Å². The zero-order valence-corrected chi connectivity index (χ0v) is 18.0. The summed E-state index contributed by atoms with van der Waals surface area (Å²) in [5.41, 5.74) is 3.82. The molecule has 0 unspecified atom stereocenters. The van der Waals surface area contributed by atoms with Gasteiger partial charge in [-0.15, -0.1) is 0 Å². The molecule has 0 amide bonds. The second-order valence-electron chi connectivity index (χ2n) is 8.16. The Balaban J connectivity index is 1.33. The molecule has 0 atom stereocenters. The van der Waals surface area contributed by atoms with E-state index in [4.69, 9.17) is 9.15 Å². The second-order valence-corrected chi connectivity index (χ2v) is 8.16. The van der Waals surface area contributed by atoms with E-state index in [0.717, 1.165) is 42.9 Å². The number of nitrogens with one attached hydrogen (secondary N) is 1. The van der Waals surface area contributed by atoms with Crippen LogP contribution in [0.25, 0.3) is 0 Å². The topological polar surface area (TPSA) is 47.1 Å². The van der Waals surface area contributed by atoms with Crippen molar-refractivity contribution in [1.82, 2.24) is 0 Å². The molecule has 4 rings (SSSR count). The zero-order chi connectivity index (χ0) is 21.8. The molecule has 0 radical (unpaired) electrons. The van der Waals surface area contributed by atoms with E-state index < -0.39 is 0 Å². The number of hydrogen-bond acceptors (Lipinski definition) is 4. The summed E-state index contributed by atoms with van der Waals surface area (Å²) in [6.45, 7) is 8.24. The SMILES string of the molecule is Cc1ccc(C)c(COc2coc(C[NH+]3CCN(c4ccccc4F)CC3)cc2=O)c1. The Morgan fingerprint density at radius 3 is 2.61 bits per heavy atom. The summed E-state index contributed by atoms with van der Waals surface area (Å²) in [4.78, 5) is 15.9. The molecular formula is C25H28FN2O3+. The number of quaternary nitrogens is 1. The van der Waals surface area contributed by atoms with E-state index >= 15 is 0 Å². The van der Waals surface area contributed by atoms with Crippen molar-refractivity contribution < 1.29 is 18.4 Å². The molecule has 0 bridgehead atoms. The molecule has 5 nitrogen and oxygen atoms in total. The molecule has 2 heterocycles. The van der Waals surface area contributed by atoms with Crippen LogP contribution in [0.3, 0.4) is 0 Å². The van der Waals surface area contributed by atoms with E-state index in [0.29, 0.717) is 24.6 Å². The average Bonchev–Trinajstić information content (AvgIpc) is 2.76. The lowest BCUT2D eigenvalue weighted by Crippen LogP contribution is -3.13. The number of para-hydroxylation sites is 1. The van der Waals surface area contributed by atoms with Gasteiger partial charge < -0.3 is 19.0 Å². The van der Waals surface area contributed by atoms with Gasteiger partial charge in [-0.2, -0.15) is 0 Å². The van der Waals surface area contributed by atoms with Crippen LogP contribution in [-0.2, 0) is 13.2 Å². The maximum atomic E-state index is 14.0. The van der Waals surface area contributed by atoms with Crippen LogP contribution in [0.4, 0.5) is 10.1 Å². The number of anilines is 1. The number of aryl methyl sites for hydroxylation is 2. The van der Waals surface area contributed by atoms with E-state index in [1.165, 1.54) is 23.3 Å². The summed E-state index contributed by atoms with van der Waals surface area (Å²) in [5, 5.41) is 0. The quantitative estimate of drug-likeness (QED) is 0.662. The molecule has 31 heavy (non-hydrogen) atoms. The number of benzene rings is 2. The lowest BCUT2D eigenvalue weighted by atomic mass is 10.1. The smallest absolute Gasteiger partial charge is 0.227 e. The van der Waals surface area contributed by atoms with Crippen LogP contribution in [0.5, 0.6) is 5.75 Å². The van der Waals surface area contributed by atoms with Crippen molar-refractivity contribution in [1.29, 1.82) is 0 Å². The predicted octanol–water partition coefficient (Wildman–Crippen LogP) is 2.88. The fraction of sp³-hybridized carbons (Fsp3) is 0.320. The largest absolute Gasteiger partial charge is 0.482 e. The highest BCUT2D eigenvalue weighted by Gasteiger charge is 2.23. The molecule has 1 fully saturated rings. The van der Waals surface area contributed by atoms with Gasteiger partial charge in [0, 0.05) is 6.07 Å². The zero-order valence-electron chi connectivity index (χ0n) is 18.0. The van der Waals surface area contributed by atoms with Crippen molar-refractivity contribution in [2.45, 2.75) is 27.0 Å². The first kappa shape index (κ1) is 21.1. The summed E-state index contributed by atoms with van der Waals surface area (Å²) in [6, 6.07) is 14.6. The Morgan fingerprint density at radius 1 is 1.10 bits per heavy atom. The summed E-state index contributed by atoms with van der Waals surface area (Å²) < 4.78 is 25.4. The Bertz CT molecular complexity index is 1100. The Morgan fingerprint density at radius 2 is 1.87 bits per heavy atom. The van der Waals surface area contributed by atoms with Gasteiger partial charge in [-0.1, -0.05) is 35.9 Å². The first-order valence-corrected chi connectivity index (χ1v) is 10.6. The van der Waals surface area contributed by atoms with Gasteiger partial charge in [-0.3, -0.25) is 4.79 Å². The maximum absolute atomic E-state index is 14.0. The average molecular weight is 424 g/mol. The highest BCUT2D eigenvalue weighted by molar-refractivity contribution is 5.47. The minimum absolute atomic E-state index is 0.170. The molecule has 1 aliphatic rings. The minimum atomic E-state index is -0.187. The molecular weight excluding hydrogens is 395 g/mol. The van der Waals surface area contributed by atoms with E-state index in [1.54, 1.807) is 6.07 Å². The van der Waals surface area contributed by atoms with Crippen molar-refractivity contribution >= 4 is 5.69 Å². The van der Waals surface area contributed by atoms with E-state index in [9.17, 15) is 9.18 Å². The van der Waals surface area contributed by atoms with Crippen LogP contribution < -0.4 is 20.0 Å². The number of ether oxygens (including phenoxy) is 1. The molecule has 1 aromatic heterocycles. The summed E-state index contributed by atoms with van der Waals surface area (Å²) in [5.74, 6) is 0.677. The monoisotopic (exact) mass is 423 g/mol. The fourth-order valence-corrected chi connectivity index (χ4v) is 3.94. The third-order valence-electron chi connectivity index (χ3n) is 5.83. The minimum Gasteiger partial charge on any atom is -0.482 e. The molecule has 0 saturated carbocycles. The molecule has 0 aliphatic carbocycles. The van der Waals surface area contributed by atoms with E-state index in [1.807, 2.05) is 32.0 Å². The Labute approximate surface area is 181 Å². The van der Waals surface area contributed by atoms with Gasteiger partial charge in [0.25, 0.3) is 0 Å². The molecule has 162 valence electrons. The lowest BCUT2D eigenvalue weighted by Gasteiger charge is -2.33. The van der Waals surface area contributed by atoms with Gasteiger partial charge in [0.05, 0.1) is 31.9 Å². The predicted molar refractivity (Wildman–Crippen MR) is 118 cm³/mol. The van der Waals surface area contributed by atoms with Crippen LogP contribution in [0.2, 0.25) is 0 Å². The number of halogens is 1. The van der Waals surface area contributed by atoms with Gasteiger partial charge in [0.2, 0.25) is 11.2 Å². The lowest BCUT2D eigenvalue weighted by molar-refractivity contribution is -0.915. The number of nitrogens with zero attached hydrogens (tertiary/aromatic N) is 1. The molecule has 0 spiro atoms. The van der Waals surface area contributed by atoms with E-state index in [-0.39, 0.29) is 17.0 Å². The number of rotatable bonds is 6. The normalized spacial score (nSPS) is 14.6.